The molecule has 4 saturated carbocycles. The van der Waals surface area contributed by atoms with Crippen LogP contribution in [0.25, 0.3) is 11.0 Å². The van der Waals surface area contributed by atoms with E-state index in [1.54, 1.807) is 4.80 Å². The molecule has 1 N–H and O–H groups in total. The Labute approximate surface area is 219 Å². The average Bonchev–Trinajstić information content (AvgIpc) is 3.40. The second-order valence-electron chi connectivity index (χ2n) is 13.0. The summed E-state index contributed by atoms with van der Waals surface area (Å²) in [6.07, 6.45) is 9.62. The number of aliphatic hydroxyl groups is 1. The van der Waals surface area contributed by atoms with Crippen LogP contribution in [0.2, 0.25) is 5.02 Å². The van der Waals surface area contributed by atoms with Crippen molar-refractivity contribution in [2.45, 2.75) is 83.8 Å². The zero-order chi connectivity index (χ0) is 25.3. The van der Waals surface area contributed by atoms with Gasteiger partial charge in [-0.05, 0) is 111 Å². The lowest BCUT2D eigenvalue weighted by Crippen LogP contribution is -2.58. The monoisotopic (exact) mass is 513 g/mol. The highest BCUT2D eigenvalue weighted by Gasteiger charge is 2.63. The fourth-order valence-corrected chi connectivity index (χ4v) is 9.79. The third kappa shape index (κ3) is 3.77. The summed E-state index contributed by atoms with van der Waals surface area (Å²) in [6, 6.07) is 5.56. The number of carbonyl (C=O) groups excluding carboxylic acids is 1. The molecule has 4 fully saturated rings. The van der Waals surface area contributed by atoms with Gasteiger partial charge in [-0.15, -0.1) is 0 Å². The van der Waals surface area contributed by atoms with E-state index in [9.17, 15) is 9.90 Å². The number of ketones is 1. The minimum Gasteiger partial charge on any atom is -0.390 e. The second-order valence-corrected chi connectivity index (χ2v) is 13.4. The Morgan fingerprint density at radius 1 is 1.11 bits per heavy atom. The highest BCUT2D eigenvalue weighted by molar-refractivity contribution is 6.34. The molecule has 0 radical (unpaired) electrons. The Morgan fingerprint density at radius 3 is 2.72 bits per heavy atom. The molecule has 4 aliphatic carbocycles. The Morgan fingerprint density at radius 2 is 1.94 bits per heavy atom. The highest BCUT2D eigenvalue weighted by atomic mass is 35.5. The number of hydrogen-bond donors (Lipinski definition) is 1. The Kier molecular flexibility index (Phi) is 6.05. The first-order valence-electron chi connectivity index (χ1n) is 13.9. The van der Waals surface area contributed by atoms with Crippen molar-refractivity contribution in [3.63, 3.8) is 0 Å². The van der Waals surface area contributed by atoms with Gasteiger partial charge in [0.25, 0.3) is 0 Å². The van der Waals surface area contributed by atoms with Gasteiger partial charge in [-0.25, -0.2) is 0 Å². The molecule has 0 amide bonds. The largest absolute Gasteiger partial charge is 0.390 e. The quantitative estimate of drug-likeness (QED) is 0.555. The van der Waals surface area contributed by atoms with Crippen LogP contribution in [-0.2, 0) is 16.1 Å². The van der Waals surface area contributed by atoms with Crippen LogP contribution in [0.4, 0.5) is 0 Å². The van der Waals surface area contributed by atoms with Crippen molar-refractivity contribution >= 4 is 28.4 Å². The van der Waals surface area contributed by atoms with Gasteiger partial charge in [-0.2, -0.15) is 15.0 Å². The van der Waals surface area contributed by atoms with Crippen molar-refractivity contribution in [1.82, 2.24) is 15.0 Å². The first kappa shape index (κ1) is 24.8. The molecule has 7 heteroatoms. The van der Waals surface area contributed by atoms with Crippen molar-refractivity contribution in [2.24, 2.45) is 40.4 Å². The maximum atomic E-state index is 13.7. The number of halogens is 1. The first-order valence-corrected chi connectivity index (χ1v) is 14.3. The van der Waals surface area contributed by atoms with Crippen molar-refractivity contribution < 1.29 is 14.6 Å². The summed E-state index contributed by atoms with van der Waals surface area (Å²) >= 11 is 6.29. The van der Waals surface area contributed by atoms with E-state index in [0.29, 0.717) is 34.2 Å². The van der Waals surface area contributed by atoms with E-state index in [-0.39, 0.29) is 29.1 Å². The number of hydrogen-bond acceptors (Lipinski definition) is 5. The van der Waals surface area contributed by atoms with Crippen LogP contribution in [-0.4, -0.2) is 45.2 Å². The number of methoxy groups -OCH3 is 1. The van der Waals surface area contributed by atoms with E-state index in [4.69, 9.17) is 16.3 Å². The Balaban J connectivity index is 1.23. The molecule has 6 nitrogen and oxygen atoms in total. The molecular weight excluding hydrogens is 474 g/mol. The molecule has 2 aromatic rings. The van der Waals surface area contributed by atoms with Crippen LogP contribution in [0, 0.1) is 40.4 Å². The van der Waals surface area contributed by atoms with Crippen LogP contribution in [0.3, 0.4) is 0 Å². The van der Waals surface area contributed by atoms with E-state index in [0.717, 1.165) is 50.6 Å². The van der Waals surface area contributed by atoms with Gasteiger partial charge in [-0.3, -0.25) is 4.79 Å². The molecule has 0 spiro atoms. The number of fused-ring (bicyclic) bond motifs is 6. The fourth-order valence-electron chi connectivity index (χ4n) is 9.58. The zero-order valence-corrected chi connectivity index (χ0v) is 22.6. The summed E-state index contributed by atoms with van der Waals surface area (Å²) in [7, 11) is 1.85. The van der Waals surface area contributed by atoms with Gasteiger partial charge < -0.3 is 9.84 Å². The second kappa shape index (κ2) is 8.78. The molecule has 1 aromatic heterocycles. The fraction of sp³-hybridized carbons (Fsp3) is 0.759. The minimum absolute atomic E-state index is 0.0454. The van der Waals surface area contributed by atoms with Crippen LogP contribution < -0.4 is 0 Å². The number of aromatic nitrogens is 3. The van der Waals surface area contributed by atoms with Crippen molar-refractivity contribution in [3.05, 3.63) is 23.2 Å². The Bertz CT molecular complexity index is 1160. The number of nitrogens with zero attached hydrogens (tertiary/aromatic N) is 3. The van der Waals surface area contributed by atoms with Gasteiger partial charge in [0.05, 0.1) is 17.2 Å². The molecule has 4 aliphatic rings. The summed E-state index contributed by atoms with van der Waals surface area (Å²) < 4.78 is 5.89. The number of benzene rings is 1. The van der Waals surface area contributed by atoms with E-state index in [1.807, 2.05) is 32.2 Å². The van der Waals surface area contributed by atoms with Gasteiger partial charge in [0.1, 0.15) is 17.6 Å². The summed E-state index contributed by atoms with van der Waals surface area (Å²) in [4.78, 5) is 15.2. The number of ether oxygens (including phenoxy) is 1. The number of carbonyl (C=O) groups is 1. The average molecular weight is 514 g/mol. The van der Waals surface area contributed by atoms with Crippen LogP contribution in [0.15, 0.2) is 18.2 Å². The summed E-state index contributed by atoms with van der Waals surface area (Å²) in [5.41, 5.74) is 1.08. The molecule has 1 aromatic carbocycles. The van der Waals surface area contributed by atoms with Crippen molar-refractivity contribution in [3.8, 4) is 0 Å². The number of Topliss-reactive ketones (excluding diaryl/α,β-unsaturated/α-hetero) is 1. The minimum atomic E-state index is -0.543. The van der Waals surface area contributed by atoms with Crippen LogP contribution in [0.1, 0.15) is 71.6 Å². The molecule has 6 rings (SSSR count). The number of rotatable bonds is 5. The van der Waals surface area contributed by atoms with E-state index < -0.39 is 5.60 Å². The topological polar surface area (TPSA) is 77.2 Å². The van der Waals surface area contributed by atoms with Crippen LogP contribution in [0.5, 0.6) is 0 Å². The summed E-state index contributed by atoms with van der Waals surface area (Å²) in [5.74, 6) is 2.75. The molecule has 0 bridgehead atoms. The maximum Gasteiger partial charge on any atom is 0.159 e. The predicted molar refractivity (Wildman–Crippen MR) is 140 cm³/mol. The third-order valence-electron chi connectivity index (χ3n) is 11.2. The molecule has 196 valence electrons. The zero-order valence-electron chi connectivity index (χ0n) is 21.9. The van der Waals surface area contributed by atoms with Crippen LogP contribution >= 0.6 is 11.6 Å². The molecular formula is C29H40ClN3O3. The predicted octanol–water partition coefficient (Wildman–Crippen LogP) is 5.69. The summed E-state index contributed by atoms with van der Waals surface area (Å²) in [5, 5.41) is 20.5. The normalized spacial score (nSPS) is 42.1. The molecule has 8 atom stereocenters. The van der Waals surface area contributed by atoms with Gasteiger partial charge in [0.2, 0.25) is 0 Å². The molecule has 0 saturated heterocycles. The van der Waals surface area contributed by atoms with Crippen molar-refractivity contribution in [2.75, 3.05) is 13.7 Å². The molecule has 0 unspecified atom stereocenters. The van der Waals surface area contributed by atoms with Crippen molar-refractivity contribution in [1.29, 1.82) is 0 Å². The van der Waals surface area contributed by atoms with Gasteiger partial charge in [0.15, 0.2) is 5.78 Å². The molecule has 1 heterocycles. The molecule has 0 aliphatic heterocycles. The highest BCUT2D eigenvalue weighted by Crippen LogP contribution is 2.68. The molecule has 36 heavy (non-hydrogen) atoms. The van der Waals surface area contributed by atoms with Gasteiger partial charge in [-0.1, -0.05) is 24.6 Å². The van der Waals surface area contributed by atoms with E-state index in [2.05, 4.69) is 17.1 Å². The maximum absolute atomic E-state index is 13.7. The third-order valence-corrected chi connectivity index (χ3v) is 11.5. The Hall–Kier alpha value is -1.50. The van der Waals surface area contributed by atoms with Gasteiger partial charge in [0, 0.05) is 13.0 Å². The van der Waals surface area contributed by atoms with E-state index >= 15 is 0 Å². The van der Waals surface area contributed by atoms with Gasteiger partial charge >= 0.3 is 0 Å². The standard InChI is InChI=1S/C29H40ClN3O3/c1-27(35)13-14-29(17-36-3)18(15-27)7-8-19-20-9-10-22(28(20,2)12-11-21(19)29)25(34)16-33-31-24-6-4-5-23(30)26(24)32-33/h4-6,18-22,35H,7-17H2,1-3H3/t18-,19-,20-,21-,22+,27+,28-,29+/m0/s1. The first-order chi connectivity index (χ1) is 17.2. The SMILES string of the molecule is COC[C@]12CC[C@@](C)(O)C[C@@H]1CC[C@H]1[C@@H]3CC[C@H](C(=O)Cn4nc5cccc(Cl)c5n4)[C@@]3(C)CC[C@@H]12. The lowest BCUT2D eigenvalue weighted by Gasteiger charge is -2.62. The van der Waals surface area contributed by atoms with E-state index in [1.165, 1.54) is 19.3 Å². The lowest BCUT2D eigenvalue weighted by molar-refractivity contribution is -0.175. The lowest BCUT2D eigenvalue weighted by atomic mass is 9.43. The smallest absolute Gasteiger partial charge is 0.159 e. The summed E-state index contributed by atoms with van der Waals surface area (Å²) in [6.45, 7) is 5.44.